The molecule has 2 fully saturated rings. The molecule has 2 aliphatic heterocycles. The first kappa shape index (κ1) is 19.5. The van der Waals surface area contributed by atoms with Crippen molar-refractivity contribution in [3.8, 4) is 17.3 Å². The molecule has 162 valence electrons. The van der Waals surface area contributed by atoms with Crippen molar-refractivity contribution in [1.29, 1.82) is 0 Å². The molecule has 2 aliphatic rings. The van der Waals surface area contributed by atoms with Crippen molar-refractivity contribution >= 4 is 21.7 Å². The van der Waals surface area contributed by atoms with Gasteiger partial charge in [-0.25, -0.2) is 13.8 Å². The Kier molecular flexibility index (Phi) is 4.54. The summed E-state index contributed by atoms with van der Waals surface area (Å²) in [5.74, 6) is -0.940. The van der Waals surface area contributed by atoms with Crippen LogP contribution < -0.4 is 4.74 Å². The summed E-state index contributed by atoms with van der Waals surface area (Å²) in [4.78, 5) is 15.5. The number of benzene rings is 2. The Bertz CT molecular complexity index is 1330. The van der Waals surface area contributed by atoms with E-state index in [1.165, 1.54) is 25.0 Å². The number of nitrogens with zero attached hydrogens (tertiary/aromatic N) is 4. The quantitative estimate of drug-likeness (QED) is 0.448. The van der Waals surface area contributed by atoms with Gasteiger partial charge in [0, 0.05) is 23.3 Å². The lowest BCUT2D eigenvalue weighted by molar-refractivity contribution is 0.108. The van der Waals surface area contributed by atoms with E-state index in [1.54, 1.807) is 24.5 Å². The summed E-state index contributed by atoms with van der Waals surface area (Å²) in [5.41, 5.74) is 0.872. The zero-order chi connectivity index (χ0) is 21.7. The summed E-state index contributed by atoms with van der Waals surface area (Å²) >= 11 is 0. The largest absolute Gasteiger partial charge is 0.461 e. The predicted octanol–water partition coefficient (Wildman–Crippen LogP) is 5.13. The molecule has 4 aromatic rings. The fourth-order valence-corrected chi connectivity index (χ4v) is 5.32. The van der Waals surface area contributed by atoms with Crippen LogP contribution in [0.2, 0.25) is 0 Å². The SMILES string of the molecule is Fc1ccc2cccc(-c3ncc4cnc(OCC56CCCN5CCC6)nc4c3F)c2c1. The first-order valence-electron chi connectivity index (χ1n) is 11.0. The van der Waals surface area contributed by atoms with Crippen molar-refractivity contribution in [3.63, 3.8) is 0 Å². The third kappa shape index (κ3) is 3.11. The second-order valence-electron chi connectivity index (χ2n) is 8.76. The van der Waals surface area contributed by atoms with Crippen LogP contribution in [0, 0.1) is 11.6 Å². The second-order valence-corrected chi connectivity index (χ2v) is 8.76. The number of ether oxygens (including phenoxy) is 1. The number of aromatic nitrogens is 3. The molecule has 0 N–H and O–H groups in total. The highest BCUT2D eigenvalue weighted by Gasteiger charge is 2.45. The molecule has 2 saturated heterocycles. The molecule has 0 spiro atoms. The van der Waals surface area contributed by atoms with Gasteiger partial charge in [0.2, 0.25) is 0 Å². The smallest absolute Gasteiger partial charge is 0.317 e. The normalized spacial score (nSPS) is 17.8. The van der Waals surface area contributed by atoms with E-state index in [0.717, 1.165) is 31.3 Å². The molecule has 2 aromatic carbocycles. The molecular formula is C25H22F2N4O. The summed E-state index contributed by atoms with van der Waals surface area (Å²) in [6, 6.07) is 10.1. The van der Waals surface area contributed by atoms with Crippen molar-refractivity contribution in [2.24, 2.45) is 0 Å². The molecule has 2 aromatic heterocycles. The van der Waals surface area contributed by atoms with Gasteiger partial charge in [-0.05, 0) is 61.7 Å². The zero-order valence-electron chi connectivity index (χ0n) is 17.5. The van der Waals surface area contributed by atoms with Gasteiger partial charge >= 0.3 is 6.01 Å². The molecule has 0 unspecified atom stereocenters. The van der Waals surface area contributed by atoms with E-state index in [4.69, 9.17) is 4.74 Å². The number of rotatable bonds is 4. The highest BCUT2D eigenvalue weighted by atomic mass is 19.1. The van der Waals surface area contributed by atoms with Crippen molar-refractivity contribution in [2.45, 2.75) is 31.2 Å². The maximum atomic E-state index is 15.6. The number of hydrogen-bond acceptors (Lipinski definition) is 5. The average molecular weight is 432 g/mol. The average Bonchev–Trinajstić information content (AvgIpc) is 3.38. The Hall–Kier alpha value is -3.19. The van der Waals surface area contributed by atoms with Gasteiger partial charge in [0.1, 0.15) is 23.6 Å². The van der Waals surface area contributed by atoms with Crippen LogP contribution in [0.3, 0.4) is 0 Å². The molecule has 0 amide bonds. The predicted molar refractivity (Wildman–Crippen MR) is 118 cm³/mol. The van der Waals surface area contributed by atoms with E-state index in [1.807, 2.05) is 12.1 Å². The van der Waals surface area contributed by atoms with E-state index in [9.17, 15) is 4.39 Å². The minimum absolute atomic E-state index is 0.0628. The molecule has 0 radical (unpaired) electrons. The van der Waals surface area contributed by atoms with Crippen LogP contribution in [-0.4, -0.2) is 45.1 Å². The van der Waals surface area contributed by atoms with Gasteiger partial charge < -0.3 is 4.74 Å². The van der Waals surface area contributed by atoms with E-state index in [0.29, 0.717) is 22.9 Å². The first-order chi connectivity index (χ1) is 15.6. The van der Waals surface area contributed by atoms with Crippen molar-refractivity contribution in [2.75, 3.05) is 19.7 Å². The van der Waals surface area contributed by atoms with Gasteiger partial charge in [-0.1, -0.05) is 24.3 Å². The minimum Gasteiger partial charge on any atom is -0.461 e. The standard InChI is InChI=1S/C25H22F2N4O/c26-18-7-6-16-4-1-5-19(20(16)12-18)23-21(27)22-17(13-28-23)14-29-24(30-22)32-15-25-8-2-10-31(25)11-3-9-25/h1,4-7,12-14H,2-3,8-11,15H2. The molecule has 4 heterocycles. The van der Waals surface area contributed by atoms with Gasteiger partial charge in [-0.3, -0.25) is 9.88 Å². The van der Waals surface area contributed by atoms with Crippen LogP contribution in [0.1, 0.15) is 25.7 Å². The van der Waals surface area contributed by atoms with Crippen LogP contribution in [0.4, 0.5) is 8.78 Å². The molecule has 0 atom stereocenters. The second kappa shape index (κ2) is 7.45. The summed E-state index contributed by atoms with van der Waals surface area (Å²) in [6.07, 6.45) is 7.67. The van der Waals surface area contributed by atoms with Gasteiger partial charge in [-0.15, -0.1) is 0 Å². The fraction of sp³-hybridized carbons (Fsp3) is 0.320. The number of pyridine rings is 1. The maximum absolute atomic E-state index is 15.6. The third-order valence-electron chi connectivity index (χ3n) is 6.92. The topological polar surface area (TPSA) is 51.1 Å². The summed E-state index contributed by atoms with van der Waals surface area (Å²) in [5, 5.41) is 1.91. The molecule has 0 aliphatic carbocycles. The molecule has 6 rings (SSSR count). The molecule has 0 bridgehead atoms. The van der Waals surface area contributed by atoms with Crippen molar-refractivity contribution in [1.82, 2.24) is 19.9 Å². The van der Waals surface area contributed by atoms with Gasteiger partial charge in [0.15, 0.2) is 5.82 Å². The molecule has 0 saturated carbocycles. The summed E-state index contributed by atoms with van der Waals surface area (Å²) in [6.45, 7) is 2.73. The Labute approximate surface area is 184 Å². The number of fused-ring (bicyclic) bond motifs is 3. The minimum atomic E-state index is -0.562. The highest BCUT2D eigenvalue weighted by Crippen LogP contribution is 2.39. The van der Waals surface area contributed by atoms with Crippen LogP contribution in [0.25, 0.3) is 32.9 Å². The van der Waals surface area contributed by atoms with E-state index in [-0.39, 0.29) is 28.6 Å². The molecular weight excluding hydrogens is 410 g/mol. The Balaban J connectivity index is 1.38. The lowest BCUT2D eigenvalue weighted by Gasteiger charge is -2.31. The summed E-state index contributed by atoms with van der Waals surface area (Å²) in [7, 11) is 0. The number of halogens is 2. The van der Waals surface area contributed by atoms with Crippen molar-refractivity contribution < 1.29 is 13.5 Å². The van der Waals surface area contributed by atoms with Crippen LogP contribution in [-0.2, 0) is 0 Å². The zero-order valence-corrected chi connectivity index (χ0v) is 17.5. The van der Waals surface area contributed by atoms with Gasteiger partial charge in [-0.2, -0.15) is 4.98 Å². The Morgan fingerprint density at radius 3 is 2.62 bits per heavy atom. The van der Waals surface area contributed by atoms with E-state index >= 15 is 4.39 Å². The van der Waals surface area contributed by atoms with Gasteiger partial charge in [0.05, 0.1) is 5.54 Å². The van der Waals surface area contributed by atoms with Crippen LogP contribution in [0.15, 0.2) is 48.8 Å². The number of hydrogen-bond donors (Lipinski definition) is 0. The van der Waals surface area contributed by atoms with Crippen LogP contribution in [0.5, 0.6) is 6.01 Å². The Morgan fingerprint density at radius 2 is 1.78 bits per heavy atom. The van der Waals surface area contributed by atoms with E-state index in [2.05, 4.69) is 19.9 Å². The maximum Gasteiger partial charge on any atom is 0.317 e. The molecule has 32 heavy (non-hydrogen) atoms. The first-order valence-corrected chi connectivity index (χ1v) is 11.0. The fourth-order valence-electron chi connectivity index (χ4n) is 5.32. The lowest BCUT2D eigenvalue weighted by Crippen LogP contribution is -2.43. The van der Waals surface area contributed by atoms with E-state index < -0.39 is 5.82 Å². The Morgan fingerprint density at radius 1 is 0.969 bits per heavy atom. The summed E-state index contributed by atoms with van der Waals surface area (Å²) < 4.78 is 35.5. The molecule has 7 heteroatoms. The highest BCUT2D eigenvalue weighted by molar-refractivity contribution is 5.97. The lowest BCUT2D eigenvalue weighted by atomic mass is 9.95. The van der Waals surface area contributed by atoms with Crippen LogP contribution >= 0.6 is 0 Å². The monoisotopic (exact) mass is 432 g/mol. The molecule has 5 nitrogen and oxygen atoms in total. The van der Waals surface area contributed by atoms with Crippen molar-refractivity contribution in [3.05, 3.63) is 60.4 Å². The third-order valence-corrected chi connectivity index (χ3v) is 6.92. The van der Waals surface area contributed by atoms with Gasteiger partial charge in [0.25, 0.3) is 0 Å².